The number of hydrogen-bond acceptors (Lipinski definition) is 4. The minimum Gasteiger partial charge on any atom is -0.450 e. The van der Waals surface area contributed by atoms with Crippen LogP contribution in [0.1, 0.15) is 34.1 Å². The summed E-state index contributed by atoms with van der Waals surface area (Å²) in [5.74, 6) is 0.190. The maximum Gasteiger partial charge on any atom is 0.407 e. The largest absolute Gasteiger partial charge is 0.450 e. The van der Waals surface area contributed by atoms with Crippen molar-refractivity contribution < 1.29 is 19.1 Å². The van der Waals surface area contributed by atoms with Crippen LogP contribution in [0.2, 0.25) is 0 Å². The van der Waals surface area contributed by atoms with Crippen molar-refractivity contribution in [2.75, 3.05) is 32.8 Å². The first-order valence-electron chi connectivity index (χ1n) is 7.82. The van der Waals surface area contributed by atoms with Crippen LogP contribution >= 0.6 is 0 Å². The van der Waals surface area contributed by atoms with E-state index in [2.05, 4.69) is 5.32 Å². The van der Waals surface area contributed by atoms with Gasteiger partial charge in [0.1, 0.15) is 6.04 Å². The molecule has 1 rings (SSSR count). The van der Waals surface area contributed by atoms with Crippen LogP contribution in [0.3, 0.4) is 0 Å². The zero-order valence-corrected chi connectivity index (χ0v) is 13.9. The molecule has 0 spiro atoms. The summed E-state index contributed by atoms with van der Waals surface area (Å²) < 4.78 is 4.87. The van der Waals surface area contributed by atoms with Crippen LogP contribution in [0.15, 0.2) is 0 Å². The molecule has 0 radical (unpaired) electrons. The number of carbonyl (C=O) groups is 3. The number of rotatable bonds is 5. The van der Waals surface area contributed by atoms with Crippen molar-refractivity contribution in [2.45, 2.75) is 40.2 Å². The molecule has 1 aliphatic heterocycles. The summed E-state index contributed by atoms with van der Waals surface area (Å²) in [7, 11) is 0. The molecule has 1 heterocycles. The van der Waals surface area contributed by atoms with E-state index in [1.807, 2.05) is 13.8 Å². The van der Waals surface area contributed by atoms with Gasteiger partial charge >= 0.3 is 6.09 Å². The third-order valence-corrected chi connectivity index (χ3v) is 3.61. The Bertz CT molecular complexity index is 404. The normalized spacial score (nSPS) is 16.4. The van der Waals surface area contributed by atoms with Crippen LogP contribution in [0.4, 0.5) is 4.79 Å². The van der Waals surface area contributed by atoms with Crippen LogP contribution < -0.4 is 5.32 Å². The van der Waals surface area contributed by atoms with E-state index in [9.17, 15) is 14.4 Å². The molecule has 1 N–H and O–H groups in total. The monoisotopic (exact) mass is 313 g/mol. The first-order chi connectivity index (χ1) is 10.3. The van der Waals surface area contributed by atoms with Crippen LogP contribution in [0.25, 0.3) is 0 Å². The van der Waals surface area contributed by atoms with Crippen molar-refractivity contribution in [3.8, 4) is 0 Å². The fourth-order valence-corrected chi connectivity index (χ4v) is 2.47. The average molecular weight is 313 g/mol. The topological polar surface area (TPSA) is 79.0 Å². The molecule has 1 unspecified atom stereocenters. The van der Waals surface area contributed by atoms with E-state index in [1.165, 1.54) is 6.92 Å². The van der Waals surface area contributed by atoms with Crippen molar-refractivity contribution in [2.24, 2.45) is 5.92 Å². The lowest BCUT2D eigenvalue weighted by Gasteiger charge is -2.36. The second-order valence-corrected chi connectivity index (χ2v) is 5.88. The standard InChI is InChI=1S/C15H27N3O4/c1-5-22-15(21)16-13(10-11(2)3)14(20)18-8-6-17(7-9-18)12(4)19/h11,13H,5-10H2,1-4H3,(H,16,21). The molecule has 0 aromatic heterocycles. The zero-order chi connectivity index (χ0) is 16.7. The summed E-state index contributed by atoms with van der Waals surface area (Å²) in [6, 6.07) is -0.581. The first kappa shape index (κ1) is 18.3. The van der Waals surface area contributed by atoms with Gasteiger partial charge in [0.05, 0.1) is 6.61 Å². The Kier molecular flexibility index (Phi) is 7.14. The molecule has 1 fully saturated rings. The number of piperazine rings is 1. The van der Waals surface area contributed by atoms with Gasteiger partial charge in [-0.1, -0.05) is 13.8 Å². The van der Waals surface area contributed by atoms with Crippen LogP contribution in [-0.4, -0.2) is 66.5 Å². The van der Waals surface area contributed by atoms with Crippen molar-refractivity contribution >= 4 is 17.9 Å². The molecule has 0 aliphatic carbocycles. The van der Waals surface area contributed by atoms with E-state index in [0.717, 1.165) is 0 Å². The Morgan fingerprint density at radius 2 is 1.64 bits per heavy atom. The van der Waals surface area contributed by atoms with E-state index in [1.54, 1.807) is 16.7 Å². The van der Waals surface area contributed by atoms with Crippen molar-refractivity contribution in [3.05, 3.63) is 0 Å². The second-order valence-electron chi connectivity index (χ2n) is 5.88. The minimum atomic E-state index is -0.581. The van der Waals surface area contributed by atoms with Gasteiger partial charge in [-0.2, -0.15) is 0 Å². The summed E-state index contributed by atoms with van der Waals surface area (Å²) in [5.41, 5.74) is 0. The molecule has 7 heteroatoms. The van der Waals surface area contributed by atoms with Gasteiger partial charge in [0.15, 0.2) is 0 Å². The SMILES string of the molecule is CCOC(=O)NC(CC(C)C)C(=O)N1CCN(C(C)=O)CC1. The van der Waals surface area contributed by atoms with Crippen molar-refractivity contribution in [1.82, 2.24) is 15.1 Å². The number of hydrogen-bond donors (Lipinski definition) is 1. The molecule has 22 heavy (non-hydrogen) atoms. The highest BCUT2D eigenvalue weighted by Gasteiger charge is 2.29. The van der Waals surface area contributed by atoms with Gasteiger partial charge in [0, 0.05) is 33.1 Å². The highest BCUT2D eigenvalue weighted by atomic mass is 16.5. The number of amides is 3. The molecule has 7 nitrogen and oxygen atoms in total. The van der Waals surface area contributed by atoms with Gasteiger partial charge in [-0.25, -0.2) is 4.79 Å². The molecular formula is C15H27N3O4. The maximum atomic E-state index is 12.6. The van der Waals surface area contributed by atoms with E-state index >= 15 is 0 Å². The van der Waals surface area contributed by atoms with Gasteiger partial charge in [-0.3, -0.25) is 9.59 Å². The van der Waals surface area contributed by atoms with E-state index in [0.29, 0.717) is 32.6 Å². The highest BCUT2D eigenvalue weighted by Crippen LogP contribution is 2.11. The average Bonchev–Trinajstić information content (AvgIpc) is 2.45. The Balaban J connectivity index is 2.63. The highest BCUT2D eigenvalue weighted by molar-refractivity contribution is 5.86. The number of nitrogens with zero attached hydrogens (tertiary/aromatic N) is 2. The van der Waals surface area contributed by atoms with E-state index in [4.69, 9.17) is 4.74 Å². The second kappa shape index (κ2) is 8.60. The van der Waals surface area contributed by atoms with E-state index < -0.39 is 12.1 Å². The minimum absolute atomic E-state index is 0.0236. The summed E-state index contributed by atoms with van der Waals surface area (Å²) in [4.78, 5) is 39.0. The maximum absolute atomic E-state index is 12.6. The van der Waals surface area contributed by atoms with Gasteiger partial charge < -0.3 is 19.9 Å². The molecule has 0 saturated carbocycles. The number of nitrogens with one attached hydrogen (secondary N) is 1. The van der Waals surface area contributed by atoms with Crippen LogP contribution in [0, 0.1) is 5.92 Å². The van der Waals surface area contributed by atoms with E-state index in [-0.39, 0.29) is 24.3 Å². The van der Waals surface area contributed by atoms with Gasteiger partial charge in [-0.05, 0) is 19.3 Å². The lowest BCUT2D eigenvalue weighted by Crippen LogP contribution is -2.55. The Morgan fingerprint density at radius 3 is 2.09 bits per heavy atom. The molecule has 0 aromatic carbocycles. The summed E-state index contributed by atoms with van der Waals surface area (Å²) in [5, 5.41) is 2.65. The smallest absolute Gasteiger partial charge is 0.407 e. The Morgan fingerprint density at radius 1 is 1.09 bits per heavy atom. The molecule has 3 amide bonds. The van der Waals surface area contributed by atoms with Gasteiger partial charge in [0.2, 0.25) is 11.8 Å². The van der Waals surface area contributed by atoms with Crippen LogP contribution in [0.5, 0.6) is 0 Å². The van der Waals surface area contributed by atoms with Gasteiger partial charge in [-0.15, -0.1) is 0 Å². The predicted octanol–water partition coefficient (Wildman–Crippen LogP) is 0.838. The zero-order valence-electron chi connectivity index (χ0n) is 13.9. The molecule has 0 bridgehead atoms. The molecular weight excluding hydrogens is 286 g/mol. The fourth-order valence-electron chi connectivity index (χ4n) is 2.47. The number of carbonyl (C=O) groups excluding carboxylic acids is 3. The van der Waals surface area contributed by atoms with Gasteiger partial charge in [0.25, 0.3) is 0 Å². The third kappa shape index (κ3) is 5.54. The quantitative estimate of drug-likeness (QED) is 0.815. The molecule has 0 aromatic rings. The lowest BCUT2D eigenvalue weighted by molar-refractivity contribution is -0.140. The third-order valence-electron chi connectivity index (χ3n) is 3.61. The fraction of sp³-hybridized carbons (Fsp3) is 0.800. The summed E-state index contributed by atoms with van der Waals surface area (Å²) in [6.07, 6.45) is -0.00577. The molecule has 126 valence electrons. The number of ether oxygens (including phenoxy) is 1. The first-order valence-corrected chi connectivity index (χ1v) is 7.82. The molecule has 1 aliphatic rings. The Labute approximate surface area is 132 Å². The lowest BCUT2D eigenvalue weighted by atomic mass is 10.0. The Hall–Kier alpha value is -1.79. The molecule has 1 saturated heterocycles. The molecule has 1 atom stereocenters. The van der Waals surface area contributed by atoms with Crippen molar-refractivity contribution in [3.63, 3.8) is 0 Å². The number of alkyl carbamates (subject to hydrolysis) is 1. The summed E-state index contributed by atoms with van der Waals surface area (Å²) >= 11 is 0. The predicted molar refractivity (Wildman–Crippen MR) is 82.2 cm³/mol. The summed E-state index contributed by atoms with van der Waals surface area (Å²) in [6.45, 7) is 9.59. The van der Waals surface area contributed by atoms with Crippen LogP contribution in [-0.2, 0) is 14.3 Å². The van der Waals surface area contributed by atoms with Crippen molar-refractivity contribution in [1.29, 1.82) is 0 Å².